The van der Waals surface area contributed by atoms with Gasteiger partial charge in [-0.25, -0.2) is 4.79 Å². The number of benzene rings is 2. The van der Waals surface area contributed by atoms with Gasteiger partial charge in [-0.3, -0.25) is 4.79 Å². The van der Waals surface area contributed by atoms with Crippen LogP contribution in [0.15, 0.2) is 63.5 Å². The molecule has 28 heavy (non-hydrogen) atoms. The number of aliphatic hydroxyl groups excluding tert-OH is 1. The van der Waals surface area contributed by atoms with Crippen molar-refractivity contribution in [1.82, 2.24) is 0 Å². The summed E-state index contributed by atoms with van der Waals surface area (Å²) >= 11 is 6.53. The number of nitrogens with zero attached hydrogens (tertiary/aromatic N) is 1. The summed E-state index contributed by atoms with van der Waals surface area (Å²) in [6.45, 7) is 2.67. The molecule has 0 aliphatic rings. The van der Waals surface area contributed by atoms with Crippen LogP contribution in [0.1, 0.15) is 30.6 Å². The highest BCUT2D eigenvalue weighted by Gasteiger charge is 2.11. The van der Waals surface area contributed by atoms with E-state index in [4.69, 9.17) is 22.1 Å². The molecule has 2 aromatic carbocycles. The molecule has 0 aliphatic heterocycles. The van der Waals surface area contributed by atoms with E-state index in [-0.39, 0.29) is 18.1 Å². The van der Waals surface area contributed by atoms with Crippen molar-refractivity contribution in [2.45, 2.75) is 30.1 Å². The van der Waals surface area contributed by atoms with Crippen molar-refractivity contribution in [3.05, 3.63) is 54.1 Å². The van der Waals surface area contributed by atoms with Crippen LogP contribution in [0.25, 0.3) is 0 Å². The highest BCUT2D eigenvalue weighted by molar-refractivity contribution is 7.99. The maximum Gasteiger partial charge on any atom is 0.331 e. The number of ketones is 1. The molecule has 0 radical (unpaired) electrons. The molecule has 0 spiro atoms. The molecule has 0 bridgehead atoms. The molecule has 146 valence electrons. The van der Waals surface area contributed by atoms with Gasteiger partial charge < -0.3 is 14.7 Å². The number of oxime groups is 1. The summed E-state index contributed by atoms with van der Waals surface area (Å²) in [4.78, 5) is 29.4. The minimum atomic E-state index is -0.578. The molecule has 1 N–H and O–H groups in total. The number of hydrogen-bond acceptors (Lipinski definition) is 8. The lowest BCUT2D eigenvalue weighted by atomic mass is 10.1. The quantitative estimate of drug-likeness (QED) is 0.228. The number of rotatable bonds is 8. The summed E-state index contributed by atoms with van der Waals surface area (Å²) in [7, 11) is 0. The average molecular weight is 418 g/mol. The second-order valence-electron chi connectivity index (χ2n) is 5.63. The fourth-order valence-corrected chi connectivity index (χ4v) is 3.05. The average Bonchev–Trinajstić information content (AvgIpc) is 2.68. The lowest BCUT2D eigenvalue weighted by Gasteiger charge is -2.07. The zero-order valence-corrected chi connectivity index (χ0v) is 17.0. The molecule has 8 heteroatoms. The third kappa shape index (κ3) is 6.88. The summed E-state index contributed by atoms with van der Waals surface area (Å²) in [5.74, 6) is -0.269. The Balaban J connectivity index is 1.98. The van der Waals surface area contributed by atoms with Crippen LogP contribution in [0.3, 0.4) is 0 Å². The third-order valence-corrected chi connectivity index (χ3v) is 4.67. The van der Waals surface area contributed by atoms with E-state index in [1.807, 2.05) is 24.3 Å². The molecule has 0 unspecified atom stereocenters. The van der Waals surface area contributed by atoms with Gasteiger partial charge in [0.15, 0.2) is 5.05 Å². The molecule has 0 saturated carbocycles. The zero-order valence-electron chi connectivity index (χ0n) is 15.4. The van der Waals surface area contributed by atoms with E-state index in [9.17, 15) is 9.59 Å². The first kappa shape index (κ1) is 21.7. The number of aliphatic hydroxyl groups is 1. The van der Waals surface area contributed by atoms with Crippen molar-refractivity contribution in [2.24, 2.45) is 5.16 Å². The highest BCUT2D eigenvalue weighted by atomic mass is 32.2. The number of ether oxygens (including phenoxy) is 1. The summed E-state index contributed by atoms with van der Waals surface area (Å²) < 4.78 is 5.44. The topological polar surface area (TPSA) is 85.2 Å². The molecule has 0 atom stereocenters. The van der Waals surface area contributed by atoms with E-state index in [1.165, 1.54) is 25.6 Å². The van der Waals surface area contributed by atoms with Crippen LogP contribution in [-0.4, -0.2) is 34.2 Å². The number of carbonyl (C=O) groups is 2. The van der Waals surface area contributed by atoms with Crippen LogP contribution in [0, 0.1) is 0 Å². The predicted molar refractivity (Wildman–Crippen MR) is 111 cm³/mol. The van der Waals surface area contributed by atoms with Gasteiger partial charge in [-0.1, -0.05) is 16.9 Å². The van der Waals surface area contributed by atoms with E-state index in [1.54, 1.807) is 24.3 Å². The lowest BCUT2D eigenvalue weighted by Crippen LogP contribution is -2.11. The van der Waals surface area contributed by atoms with Gasteiger partial charge >= 0.3 is 5.97 Å². The second-order valence-corrected chi connectivity index (χ2v) is 7.24. The Morgan fingerprint density at radius 3 is 2.14 bits per heavy atom. The first-order valence-electron chi connectivity index (χ1n) is 8.35. The fraction of sp³-hybridized carbons (Fsp3) is 0.200. The lowest BCUT2D eigenvalue weighted by molar-refractivity contribution is -0.140. The number of Topliss-reactive ketones (excluding diaryl/α,β-unsaturated/α-hetero) is 1. The minimum Gasteiger partial charge on any atom is -0.450 e. The van der Waals surface area contributed by atoms with Crippen molar-refractivity contribution < 1.29 is 24.3 Å². The van der Waals surface area contributed by atoms with Crippen molar-refractivity contribution in [1.29, 1.82) is 0 Å². The van der Waals surface area contributed by atoms with Gasteiger partial charge in [-0.15, -0.1) is 0 Å². The van der Waals surface area contributed by atoms with Gasteiger partial charge in [-0.2, -0.15) is 0 Å². The Morgan fingerprint density at radius 2 is 1.61 bits per heavy atom. The van der Waals surface area contributed by atoms with Gasteiger partial charge in [-0.05, 0) is 67.7 Å². The van der Waals surface area contributed by atoms with Crippen molar-refractivity contribution in [3.8, 4) is 5.75 Å². The molecular formula is C20H19NO5S2. The van der Waals surface area contributed by atoms with Gasteiger partial charge in [0.05, 0.1) is 6.61 Å². The van der Waals surface area contributed by atoms with Crippen molar-refractivity contribution in [2.75, 3.05) is 6.61 Å². The Hall–Kier alpha value is -2.55. The maximum absolute atomic E-state index is 12.2. The molecule has 2 rings (SSSR count). The van der Waals surface area contributed by atoms with E-state index >= 15 is 0 Å². The Morgan fingerprint density at radius 1 is 1.04 bits per heavy atom. The first-order valence-corrected chi connectivity index (χ1v) is 9.58. The SMILES string of the molecule is CC(=O)O/N=C(\C)C(=O)c1ccc(Sc2ccc(OC(=S)CCO)cc2)cc1. The van der Waals surface area contributed by atoms with Crippen molar-refractivity contribution >= 4 is 46.5 Å². The number of carbonyl (C=O) groups excluding carboxylic acids is 2. The second kappa shape index (κ2) is 10.7. The van der Waals surface area contributed by atoms with E-state index in [2.05, 4.69) is 9.99 Å². The van der Waals surface area contributed by atoms with Crippen LogP contribution in [-0.2, 0) is 9.63 Å². The van der Waals surface area contributed by atoms with Crippen LogP contribution in [0.4, 0.5) is 0 Å². The van der Waals surface area contributed by atoms with Crippen LogP contribution < -0.4 is 4.74 Å². The Bertz CT molecular complexity index is 876. The predicted octanol–water partition coefficient (Wildman–Crippen LogP) is 4.05. The van der Waals surface area contributed by atoms with Crippen LogP contribution >= 0.6 is 24.0 Å². The van der Waals surface area contributed by atoms with E-state index < -0.39 is 5.97 Å². The Labute approximate surface area is 172 Å². The molecule has 6 nitrogen and oxygen atoms in total. The Kier molecular flexibility index (Phi) is 8.31. The zero-order chi connectivity index (χ0) is 20.5. The number of thiocarbonyl (C=S) groups is 1. The molecular weight excluding hydrogens is 398 g/mol. The normalized spacial score (nSPS) is 11.0. The molecule has 0 heterocycles. The number of hydrogen-bond donors (Lipinski definition) is 1. The smallest absolute Gasteiger partial charge is 0.331 e. The standard InChI is InChI=1S/C20H19NO5S2/c1-13(21-26-14(2)23)20(24)15-3-7-17(8-4-15)28-18-9-5-16(6-10-18)25-19(27)11-12-22/h3-10,22H,11-12H2,1-2H3/b21-13+. The summed E-state index contributed by atoms with van der Waals surface area (Å²) in [5.41, 5.74) is 0.559. The maximum atomic E-state index is 12.2. The highest BCUT2D eigenvalue weighted by Crippen LogP contribution is 2.29. The summed E-state index contributed by atoms with van der Waals surface area (Å²) in [5, 5.41) is 12.7. The molecule has 0 aliphatic carbocycles. The molecule has 0 aromatic heterocycles. The minimum absolute atomic E-state index is 0.0413. The van der Waals surface area contributed by atoms with E-state index in [0.29, 0.717) is 22.8 Å². The molecule has 0 saturated heterocycles. The molecule has 0 amide bonds. The van der Waals surface area contributed by atoms with Crippen LogP contribution in [0.2, 0.25) is 0 Å². The molecule has 2 aromatic rings. The van der Waals surface area contributed by atoms with E-state index in [0.717, 1.165) is 9.79 Å². The van der Waals surface area contributed by atoms with Crippen molar-refractivity contribution in [3.63, 3.8) is 0 Å². The summed E-state index contributed by atoms with van der Waals surface area (Å²) in [6, 6.07) is 14.5. The molecule has 0 fully saturated rings. The third-order valence-electron chi connectivity index (χ3n) is 3.36. The van der Waals surface area contributed by atoms with Gasteiger partial charge in [0, 0.05) is 28.7 Å². The summed E-state index contributed by atoms with van der Waals surface area (Å²) in [6.07, 6.45) is 0.321. The van der Waals surface area contributed by atoms with Crippen LogP contribution in [0.5, 0.6) is 5.75 Å². The monoisotopic (exact) mass is 417 g/mol. The van der Waals surface area contributed by atoms with Gasteiger partial charge in [0.2, 0.25) is 5.78 Å². The fourth-order valence-electron chi connectivity index (χ4n) is 2.04. The van der Waals surface area contributed by atoms with Gasteiger partial charge in [0.1, 0.15) is 11.5 Å². The van der Waals surface area contributed by atoms with Gasteiger partial charge in [0.25, 0.3) is 0 Å². The first-order chi connectivity index (χ1) is 13.4. The largest absolute Gasteiger partial charge is 0.450 e.